The van der Waals surface area contributed by atoms with E-state index in [1.807, 2.05) is 19.1 Å². The number of hydrogen-bond acceptors (Lipinski definition) is 5. The number of sulfonamides is 1. The highest BCUT2D eigenvalue weighted by Gasteiger charge is 2.29. The first-order valence-corrected chi connectivity index (χ1v) is 10.5. The van der Waals surface area contributed by atoms with Crippen molar-refractivity contribution >= 4 is 33.0 Å². The Hall–Kier alpha value is -2.94. The Kier molecular flexibility index (Phi) is 6.40. The maximum atomic E-state index is 12.7. The van der Waals surface area contributed by atoms with Crippen molar-refractivity contribution in [1.29, 1.82) is 0 Å². The van der Waals surface area contributed by atoms with Crippen LogP contribution in [-0.2, 0) is 21.2 Å². The van der Waals surface area contributed by atoms with Gasteiger partial charge in [0.05, 0.1) is 22.6 Å². The maximum absolute atomic E-state index is 12.7. The van der Waals surface area contributed by atoms with Crippen LogP contribution in [0.1, 0.15) is 25.0 Å². The predicted molar refractivity (Wildman–Crippen MR) is 109 cm³/mol. The normalized spacial score (nSPS) is 12.3. The lowest BCUT2D eigenvalue weighted by Gasteiger charge is -2.28. The van der Waals surface area contributed by atoms with Crippen molar-refractivity contribution in [3.05, 3.63) is 63.7 Å². The number of non-ortho nitro benzene ring substituents is 1. The highest BCUT2D eigenvalue weighted by molar-refractivity contribution is 7.92. The summed E-state index contributed by atoms with van der Waals surface area (Å²) >= 11 is 0. The summed E-state index contributed by atoms with van der Waals surface area (Å²) in [7, 11) is -3.74. The molecule has 0 aromatic heterocycles. The van der Waals surface area contributed by atoms with Crippen LogP contribution in [0.25, 0.3) is 0 Å². The molecule has 0 spiro atoms. The third-order valence-electron chi connectivity index (χ3n) is 4.38. The van der Waals surface area contributed by atoms with E-state index in [0.29, 0.717) is 11.3 Å². The number of anilines is 2. The summed E-state index contributed by atoms with van der Waals surface area (Å²) < 4.78 is 25.7. The molecule has 2 rings (SSSR count). The second-order valence-electron chi connectivity index (χ2n) is 6.50. The number of nitro benzene ring substituents is 1. The molecule has 0 bridgehead atoms. The van der Waals surface area contributed by atoms with Crippen LogP contribution in [0, 0.1) is 17.0 Å². The van der Waals surface area contributed by atoms with E-state index in [-0.39, 0.29) is 11.4 Å². The fraction of sp³-hybridized carbons (Fsp3) is 0.316. The molecule has 9 heteroatoms. The smallest absolute Gasteiger partial charge is 0.271 e. The number of nitrogens with zero attached hydrogens (tertiary/aromatic N) is 2. The molecule has 1 amide bonds. The number of carbonyl (C=O) groups excluding carboxylic acids is 1. The first-order chi connectivity index (χ1) is 13.0. The van der Waals surface area contributed by atoms with Gasteiger partial charge in [-0.1, -0.05) is 25.1 Å². The minimum Gasteiger partial charge on any atom is -0.324 e. The van der Waals surface area contributed by atoms with E-state index < -0.39 is 26.9 Å². The fourth-order valence-electron chi connectivity index (χ4n) is 2.78. The molecule has 0 saturated heterocycles. The topological polar surface area (TPSA) is 110 Å². The van der Waals surface area contributed by atoms with Gasteiger partial charge in [0.1, 0.15) is 6.04 Å². The molecule has 0 aliphatic carbocycles. The number of rotatable bonds is 7. The number of nitro groups is 1. The van der Waals surface area contributed by atoms with Crippen LogP contribution < -0.4 is 9.62 Å². The quantitative estimate of drug-likeness (QED) is 0.562. The molecule has 0 aliphatic heterocycles. The Morgan fingerprint density at radius 3 is 2.32 bits per heavy atom. The van der Waals surface area contributed by atoms with Gasteiger partial charge in [0.15, 0.2) is 0 Å². The molecule has 0 saturated carbocycles. The third-order valence-corrected chi connectivity index (χ3v) is 5.62. The monoisotopic (exact) mass is 405 g/mol. The number of benzene rings is 2. The number of aryl methyl sites for hydroxylation is 2. The molecule has 150 valence electrons. The summed E-state index contributed by atoms with van der Waals surface area (Å²) in [6.45, 7) is 5.15. The SMILES string of the molecule is CCc1ccc(N(C(C)C(=O)Nc2cc([N+](=O)[O-])ccc2C)S(C)(=O)=O)cc1. The number of amides is 1. The van der Waals surface area contributed by atoms with Gasteiger partial charge in [-0.25, -0.2) is 8.42 Å². The summed E-state index contributed by atoms with van der Waals surface area (Å²) in [5, 5.41) is 13.6. The lowest BCUT2D eigenvalue weighted by molar-refractivity contribution is -0.384. The molecule has 0 fully saturated rings. The molecule has 0 heterocycles. The molecular formula is C19H23N3O5S. The predicted octanol–water partition coefficient (Wildman–Crippen LogP) is 3.26. The van der Waals surface area contributed by atoms with Crippen LogP contribution in [0.2, 0.25) is 0 Å². The van der Waals surface area contributed by atoms with Gasteiger partial charge in [0, 0.05) is 12.1 Å². The Labute approximate surface area is 164 Å². The maximum Gasteiger partial charge on any atom is 0.271 e. The van der Waals surface area contributed by atoms with Gasteiger partial charge in [0.25, 0.3) is 5.69 Å². The standard InChI is InChI=1S/C19H23N3O5S/c1-5-15-7-10-16(11-8-15)21(28(4,26)27)14(3)19(23)20-18-12-17(22(24)25)9-6-13(18)2/h6-12,14H,5H2,1-4H3,(H,20,23). The fourth-order valence-corrected chi connectivity index (χ4v) is 3.96. The molecule has 8 nitrogen and oxygen atoms in total. The Morgan fingerprint density at radius 1 is 1.21 bits per heavy atom. The highest BCUT2D eigenvalue weighted by atomic mass is 32.2. The first kappa shape index (κ1) is 21.4. The summed E-state index contributed by atoms with van der Waals surface area (Å²) in [5.41, 5.74) is 2.15. The van der Waals surface area contributed by atoms with Crippen LogP contribution >= 0.6 is 0 Å². The average Bonchev–Trinajstić information content (AvgIpc) is 2.62. The minimum absolute atomic E-state index is 0.163. The van der Waals surface area contributed by atoms with Gasteiger partial charge in [-0.3, -0.25) is 19.2 Å². The van der Waals surface area contributed by atoms with Crippen molar-refractivity contribution in [3.8, 4) is 0 Å². The zero-order valence-electron chi connectivity index (χ0n) is 16.2. The lowest BCUT2D eigenvalue weighted by atomic mass is 10.1. The van der Waals surface area contributed by atoms with Crippen molar-refractivity contribution in [2.45, 2.75) is 33.2 Å². The molecule has 2 aromatic rings. The second kappa shape index (κ2) is 8.39. The van der Waals surface area contributed by atoms with Crippen LogP contribution in [0.15, 0.2) is 42.5 Å². The number of nitrogens with one attached hydrogen (secondary N) is 1. The van der Waals surface area contributed by atoms with Crippen molar-refractivity contribution in [2.24, 2.45) is 0 Å². The van der Waals surface area contributed by atoms with Gasteiger partial charge >= 0.3 is 0 Å². The van der Waals surface area contributed by atoms with E-state index in [9.17, 15) is 23.3 Å². The van der Waals surface area contributed by atoms with Gasteiger partial charge < -0.3 is 5.32 Å². The van der Waals surface area contributed by atoms with E-state index in [0.717, 1.165) is 22.5 Å². The molecule has 1 N–H and O–H groups in total. The van der Waals surface area contributed by atoms with E-state index >= 15 is 0 Å². The molecule has 2 aromatic carbocycles. The first-order valence-electron chi connectivity index (χ1n) is 8.68. The summed E-state index contributed by atoms with van der Waals surface area (Å²) in [6.07, 6.45) is 1.84. The van der Waals surface area contributed by atoms with E-state index in [1.54, 1.807) is 19.1 Å². The zero-order chi connectivity index (χ0) is 21.1. The zero-order valence-corrected chi connectivity index (χ0v) is 17.0. The second-order valence-corrected chi connectivity index (χ2v) is 8.36. The van der Waals surface area contributed by atoms with Crippen molar-refractivity contribution in [2.75, 3.05) is 15.9 Å². The molecule has 0 radical (unpaired) electrons. The largest absolute Gasteiger partial charge is 0.324 e. The van der Waals surface area contributed by atoms with Crippen molar-refractivity contribution in [1.82, 2.24) is 0 Å². The Balaban J connectivity index is 2.34. The van der Waals surface area contributed by atoms with Gasteiger partial charge in [-0.2, -0.15) is 0 Å². The van der Waals surface area contributed by atoms with Gasteiger partial charge in [-0.15, -0.1) is 0 Å². The molecular weight excluding hydrogens is 382 g/mol. The Morgan fingerprint density at radius 2 is 1.82 bits per heavy atom. The average molecular weight is 405 g/mol. The lowest BCUT2D eigenvalue weighted by Crippen LogP contribution is -2.45. The van der Waals surface area contributed by atoms with Crippen molar-refractivity contribution in [3.63, 3.8) is 0 Å². The number of hydrogen-bond donors (Lipinski definition) is 1. The molecule has 1 unspecified atom stereocenters. The van der Waals surface area contributed by atoms with Crippen LogP contribution in [0.3, 0.4) is 0 Å². The van der Waals surface area contributed by atoms with Crippen LogP contribution in [0.5, 0.6) is 0 Å². The highest BCUT2D eigenvalue weighted by Crippen LogP contribution is 2.25. The van der Waals surface area contributed by atoms with E-state index in [4.69, 9.17) is 0 Å². The van der Waals surface area contributed by atoms with Crippen LogP contribution in [-0.4, -0.2) is 31.5 Å². The molecule has 28 heavy (non-hydrogen) atoms. The minimum atomic E-state index is -3.74. The van der Waals surface area contributed by atoms with E-state index in [2.05, 4.69) is 5.32 Å². The van der Waals surface area contributed by atoms with E-state index in [1.165, 1.54) is 25.1 Å². The van der Waals surface area contributed by atoms with Crippen molar-refractivity contribution < 1.29 is 18.1 Å². The molecule has 1 atom stereocenters. The summed E-state index contributed by atoms with van der Waals surface area (Å²) in [6, 6.07) is 9.99. The summed E-state index contributed by atoms with van der Waals surface area (Å²) in [4.78, 5) is 23.2. The molecule has 0 aliphatic rings. The summed E-state index contributed by atoms with van der Waals surface area (Å²) in [5.74, 6) is -0.589. The number of carbonyl (C=O) groups is 1. The third kappa shape index (κ3) is 4.86. The van der Waals surface area contributed by atoms with Crippen LogP contribution in [0.4, 0.5) is 17.1 Å². The van der Waals surface area contributed by atoms with Gasteiger partial charge in [0.2, 0.25) is 15.9 Å². The Bertz CT molecular complexity index is 987. The van der Waals surface area contributed by atoms with Gasteiger partial charge in [-0.05, 0) is 43.5 Å².